The predicted molar refractivity (Wildman–Crippen MR) is 163 cm³/mol. The van der Waals surface area contributed by atoms with Gasteiger partial charge in [0, 0.05) is 31.7 Å². The summed E-state index contributed by atoms with van der Waals surface area (Å²) in [5, 5.41) is 9.66. The van der Waals surface area contributed by atoms with E-state index < -0.39 is 17.0 Å². The van der Waals surface area contributed by atoms with Crippen LogP contribution in [0.2, 0.25) is 0 Å². The Balaban J connectivity index is 1.33. The first kappa shape index (κ1) is 29.4. The first-order valence-corrected chi connectivity index (χ1v) is 14.6. The SMILES string of the molecule is Cc1ccc(OCc2cc(C)c3c(c2)CCN(C(=O)OC(C)(C)C)C3)c(-c2cccc(N3CC[C@@](C)(C(=O)O)C3)n2)c1. The van der Waals surface area contributed by atoms with Crippen LogP contribution in [0.1, 0.15) is 61.9 Å². The van der Waals surface area contributed by atoms with Gasteiger partial charge in [-0.2, -0.15) is 0 Å². The second kappa shape index (κ2) is 11.3. The zero-order valence-corrected chi connectivity index (χ0v) is 25.5. The topological polar surface area (TPSA) is 92.2 Å². The van der Waals surface area contributed by atoms with E-state index in [4.69, 9.17) is 14.5 Å². The molecule has 1 atom stereocenters. The average Bonchev–Trinajstić information content (AvgIpc) is 3.35. The number of hydrogen-bond donors (Lipinski definition) is 1. The maximum Gasteiger partial charge on any atom is 0.410 e. The zero-order chi connectivity index (χ0) is 30.2. The van der Waals surface area contributed by atoms with E-state index in [1.54, 1.807) is 11.8 Å². The van der Waals surface area contributed by atoms with Gasteiger partial charge in [0.25, 0.3) is 0 Å². The van der Waals surface area contributed by atoms with Gasteiger partial charge in [-0.25, -0.2) is 9.78 Å². The summed E-state index contributed by atoms with van der Waals surface area (Å²) in [6, 6.07) is 16.3. The largest absolute Gasteiger partial charge is 0.488 e. The molecule has 2 aromatic carbocycles. The predicted octanol–water partition coefficient (Wildman–Crippen LogP) is 6.54. The second-order valence-electron chi connectivity index (χ2n) is 12.9. The summed E-state index contributed by atoms with van der Waals surface area (Å²) < 4.78 is 12.0. The minimum atomic E-state index is -0.770. The van der Waals surface area contributed by atoms with Gasteiger partial charge >= 0.3 is 12.1 Å². The summed E-state index contributed by atoms with van der Waals surface area (Å²) in [5.74, 6) is 0.748. The van der Waals surface area contributed by atoms with E-state index in [0.717, 1.165) is 45.9 Å². The van der Waals surface area contributed by atoms with Gasteiger partial charge in [-0.1, -0.05) is 29.8 Å². The molecule has 0 radical (unpaired) electrons. The number of hydrogen-bond acceptors (Lipinski definition) is 6. The summed E-state index contributed by atoms with van der Waals surface area (Å²) in [7, 11) is 0. The van der Waals surface area contributed by atoms with Crippen LogP contribution in [-0.2, 0) is 29.1 Å². The van der Waals surface area contributed by atoms with Gasteiger partial charge in [-0.3, -0.25) is 4.79 Å². The number of aliphatic carboxylic acids is 1. The number of carboxylic acids is 1. The highest BCUT2D eigenvalue weighted by molar-refractivity contribution is 5.76. The summed E-state index contributed by atoms with van der Waals surface area (Å²) >= 11 is 0. The number of rotatable bonds is 6. The normalized spacial score (nSPS) is 18.5. The number of aromatic nitrogens is 1. The summed E-state index contributed by atoms with van der Waals surface area (Å²) in [5.41, 5.74) is 6.14. The van der Waals surface area contributed by atoms with Crippen molar-refractivity contribution in [3.63, 3.8) is 0 Å². The number of anilines is 1. The molecule has 1 saturated heterocycles. The lowest BCUT2D eigenvalue weighted by atomic mass is 9.90. The van der Waals surface area contributed by atoms with Crippen molar-refractivity contribution in [2.24, 2.45) is 5.41 Å². The molecule has 3 aromatic rings. The number of carbonyl (C=O) groups excluding carboxylic acids is 1. The molecule has 42 heavy (non-hydrogen) atoms. The highest BCUT2D eigenvalue weighted by atomic mass is 16.6. The lowest BCUT2D eigenvalue weighted by molar-refractivity contribution is -0.146. The summed E-state index contributed by atoms with van der Waals surface area (Å²) in [6.07, 6.45) is 1.09. The number of carboxylic acid groups (broad SMARTS) is 1. The van der Waals surface area contributed by atoms with Crippen LogP contribution in [0, 0.1) is 19.3 Å². The molecule has 0 aliphatic carbocycles. The molecule has 1 N–H and O–H groups in total. The first-order valence-electron chi connectivity index (χ1n) is 14.6. The van der Waals surface area contributed by atoms with Crippen molar-refractivity contribution in [1.29, 1.82) is 0 Å². The zero-order valence-electron chi connectivity index (χ0n) is 25.5. The maximum atomic E-state index is 12.6. The van der Waals surface area contributed by atoms with E-state index in [1.807, 2.05) is 62.9 Å². The third-order valence-electron chi connectivity index (χ3n) is 8.13. The van der Waals surface area contributed by atoms with Gasteiger partial charge in [0.05, 0.1) is 11.1 Å². The lowest BCUT2D eigenvalue weighted by Crippen LogP contribution is -2.40. The fourth-order valence-corrected chi connectivity index (χ4v) is 5.72. The van der Waals surface area contributed by atoms with Crippen molar-refractivity contribution in [3.8, 4) is 17.0 Å². The van der Waals surface area contributed by atoms with E-state index in [2.05, 4.69) is 25.1 Å². The fraction of sp³-hybridized carbons (Fsp3) is 0.441. The number of pyridine rings is 1. The molecule has 5 rings (SSSR count). The minimum Gasteiger partial charge on any atom is -0.488 e. The smallest absolute Gasteiger partial charge is 0.410 e. The maximum absolute atomic E-state index is 12.6. The Kier molecular flexibility index (Phi) is 7.92. The van der Waals surface area contributed by atoms with Crippen molar-refractivity contribution in [1.82, 2.24) is 9.88 Å². The fourth-order valence-electron chi connectivity index (χ4n) is 5.72. The molecule has 1 fully saturated rings. The molecule has 1 aromatic heterocycles. The van der Waals surface area contributed by atoms with Crippen LogP contribution in [0.15, 0.2) is 48.5 Å². The third-order valence-corrected chi connectivity index (χ3v) is 8.13. The number of aryl methyl sites for hydroxylation is 2. The Morgan fingerprint density at radius 1 is 1.07 bits per heavy atom. The van der Waals surface area contributed by atoms with Gasteiger partial charge in [0.1, 0.15) is 23.8 Å². The highest BCUT2D eigenvalue weighted by Gasteiger charge is 2.41. The molecule has 222 valence electrons. The van der Waals surface area contributed by atoms with Crippen LogP contribution in [-0.4, -0.2) is 52.3 Å². The first-order chi connectivity index (χ1) is 19.8. The van der Waals surface area contributed by atoms with Gasteiger partial charge in [-0.05, 0) is 101 Å². The number of ether oxygens (including phenoxy) is 2. The van der Waals surface area contributed by atoms with E-state index in [0.29, 0.717) is 39.2 Å². The number of benzene rings is 2. The monoisotopic (exact) mass is 571 g/mol. The Morgan fingerprint density at radius 2 is 1.86 bits per heavy atom. The van der Waals surface area contributed by atoms with Crippen LogP contribution in [0.3, 0.4) is 0 Å². The van der Waals surface area contributed by atoms with Gasteiger partial charge < -0.3 is 24.4 Å². The molecule has 0 bridgehead atoms. The summed E-state index contributed by atoms with van der Waals surface area (Å²) in [6.45, 7) is 14.2. The number of amides is 1. The van der Waals surface area contributed by atoms with Crippen molar-refractivity contribution >= 4 is 17.9 Å². The van der Waals surface area contributed by atoms with Crippen LogP contribution in [0.5, 0.6) is 5.75 Å². The van der Waals surface area contributed by atoms with Gasteiger partial charge in [-0.15, -0.1) is 0 Å². The van der Waals surface area contributed by atoms with Crippen molar-refractivity contribution in [3.05, 3.63) is 76.3 Å². The van der Waals surface area contributed by atoms with Crippen LogP contribution < -0.4 is 9.64 Å². The standard InChI is InChI=1S/C34H41N3O5/c1-22-10-11-29(26(16-22)28-8-7-9-30(35-28)37-15-13-34(6,21-37)31(38)39)41-20-24-17-23(2)27-19-36(14-12-25(27)18-24)32(40)42-33(3,4)5/h7-11,16-18H,12-15,19-21H2,1-6H3,(H,38,39)/t34-/m1/s1. The Labute approximate surface area is 248 Å². The van der Waals surface area contributed by atoms with Gasteiger partial charge in [0.15, 0.2) is 0 Å². The number of fused-ring (bicyclic) bond motifs is 1. The van der Waals surface area contributed by atoms with Crippen LogP contribution in [0.4, 0.5) is 10.6 Å². The molecular formula is C34H41N3O5. The van der Waals surface area contributed by atoms with Crippen molar-refractivity contribution in [2.75, 3.05) is 24.5 Å². The molecule has 3 heterocycles. The summed E-state index contributed by atoms with van der Waals surface area (Å²) in [4.78, 5) is 33.2. The van der Waals surface area contributed by atoms with Gasteiger partial charge in [0.2, 0.25) is 0 Å². The molecule has 0 unspecified atom stereocenters. The quantitative estimate of drug-likeness (QED) is 0.359. The van der Waals surface area contributed by atoms with E-state index in [9.17, 15) is 14.7 Å². The third kappa shape index (κ3) is 6.37. The van der Waals surface area contributed by atoms with Crippen LogP contribution in [0.25, 0.3) is 11.3 Å². The molecular weight excluding hydrogens is 530 g/mol. The molecule has 2 aliphatic heterocycles. The van der Waals surface area contributed by atoms with E-state index in [-0.39, 0.29) is 6.09 Å². The minimum absolute atomic E-state index is 0.273. The van der Waals surface area contributed by atoms with E-state index >= 15 is 0 Å². The average molecular weight is 572 g/mol. The lowest BCUT2D eigenvalue weighted by Gasteiger charge is -2.32. The number of carbonyl (C=O) groups is 2. The van der Waals surface area contributed by atoms with Crippen molar-refractivity contribution < 1.29 is 24.2 Å². The Bertz CT molecular complexity index is 1510. The molecule has 1 amide bonds. The molecule has 8 heteroatoms. The Morgan fingerprint density at radius 3 is 2.57 bits per heavy atom. The molecule has 2 aliphatic rings. The molecule has 8 nitrogen and oxygen atoms in total. The second-order valence-corrected chi connectivity index (χ2v) is 12.9. The van der Waals surface area contributed by atoms with Crippen LogP contribution >= 0.6 is 0 Å². The number of nitrogens with zero attached hydrogens (tertiary/aromatic N) is 3. The van der Waals surface area contributed by atoms with Crippen molar-refractivity contribution in [2.45, 2.75) is 73.1 Å². The highest BCUT2D eigenvalue weighted by Crippen LogP contribution is 2.36. The molecule has 0 saturated carbocycles. The van der Waals surface area contributed by atoms with E-state index in [1.165, 1.54) is 11.1 Å². The molecule has 0 spiro atoms. The Hall–Kier alpha value is -4.07.